The Morgan fingerprint density at radius 1 is 0.750 bits per heavy atom. The van der Waals surface area contributed by atoms with Crippen molar-refractivity contribution in [2.75, 3.05) is 28.4 Å². The summed E-state index contributed by atoms with van der Waals surface area (Å²) in [6, 6.07) is 12.6. The van der Waals surface area contributed by atoms with Crippen molar-refractivity contribution >= 4 is 0 Å². The number of methoxy groups -OCH3 is 4. The van der Waals surface area contributed by atoms with E-state index in [4.69, 9.17) is 18.9 Å². The van der Waals surface area contributed by atoms with Gasteiger partial charge in [0.05, 0.1) is 28.4 Å². The first-order chi connectivity index (χ1) is 9.74. The summed E-state index contributed by atoms with van der Waals surface area (Å²) in [7, 11) is 6.40. The molecule has 4 heteroatoms. The summed E-state index contributed by atoms with van der Waals surface area (Å²) in [4.78, 5) is 0. The molecule has 0 N–H and O–H groups in total. The second-order valence-corrected chi connectivity index (χ2v) is 4.03. The number of ether oxygens (including phenoxy) is 4. The summed E-state index contributed by atoms with van der Waals surface area (Å²) >= 11 is 0. The minimum Gasteiger partial charge on any atom is -0.497 e. The van der Waals surface area contributed by atoms with Gasteiger partial charge in [-0.3, -0.25) is 0 Å². The largest absolute Gasteiger partial charge is 0.497 e. The summed E-state index contributed by atoms with van der Waals surface area (Å²) in [6.45, 7) is 0. The summed E-state index contributed by atoms with van der Waals surface area (Å²) in [6.07, 6.45) is 0. The molecule has 0 heterocycles. The number of rotatable bonds is 5. The lowest BCUT2D eigenvalue weighted by molar-refractivity contribution is 0.325. The smallest absolute Gasteiger partial charge is 0.203 e. The fraction of sp³-hybridized carbons (Fsp3) is 0.250. The normalized spacial score (nSPS) is 10.0. The fourth-order valence-electron chi connectivity index (χ4n) is 2.01. The van der Waals surface area contributed by atoms with E-state index in [9.17, 15) is 0 Å². The molecule has 0 aliphatic carbocycles. The van der Waals surface area contributed by atoms with Crippen molar-refractivity contribution in [1.29, 1.82) is 0 Å². The maximum Gasteiger partial charge on any atom is 0.203 e. The zero-order valence-corrected chi connectivity index (χ0v) is 12.0. The van der Waals surface area contributed by atoms with Crippen LogP contribution in [0.2, 0.25) is 0 Å². The minimum absolute atomic E-state index is 0.555. The third kappa shape index (κ3) is 2.50. The van der Waals surface area contributed by atoms with E-state index in [1.54, 1.807) is 34.5 Å². The van der Waals surface area contributed by atoms with Crippen LogP contribution < -0.4 is 18.9 Å². The van der Waals surface area contributed by atoms with E-state index in [-0.39, 0.29) is 0 Å². The molecule has 2 rings (SSSR count). The quantitative estimate of drug-likeness (QED) is 0.838. The molecule has 2 aromatic rings. The molecule has 0 aromatic heterocycles. The van der Waals surface area contributed by atoms with E-state index in [2.05, 4.69) is 6.07 Å². The van der Waals surface area contributed by atoms with Gasteiger partial charge in [-0.05, 0) is 29.8 Å². The Morgan fingerprint density at radius 3 is 1.90 bits per heavy atom. The first-order valence-electron chi connectivity index (χ1n) is 6.10. The van der Waals surface area contributed by atoms with Crippen molar-refractivity contribution in [1.82, 2.24) is 0 Å². The van der Waals surface area contributed by atoms with Crippen LogP contribution in [0, 0.1) is 6.07 Å². The topological polar surface area (TPSA) is 36.9 Å². The predicted octanol–water partition coefficient (Wildman–Crippen LogP) is 3.19. The zero-order valence-electron chi connectivity index (χ0n) is 12.0. The van der Waals surface area contributed by atoms with Gasteiger partial charge in [0, 0.05) is 5.56 Å². The lowest BCUT2D eigenvalue weighted by atomic mass is 10.0. The second-order valence-electron chi connectivity index (χ2n) is 4.03. The summed E-state index contributed by atoms with van der Waals surface area (Å²) in [5.41, 5.74) is 1.77. The first kappa shape index (κ1) is 14.1. The van der Waals surface area contributed by atoms with Crippen LogP contribution in [0.25, 0.3) is 11.1 Å². The highest BCUT2D eigenvalue weighted by molar-refractivity contribution is 5.76. The van der Waals surface area contributed by atoms with Crippen LogP contribution in [0.4, 0.5) is 0 Å². The summed E-state index contributed by atoms with van der Waals surface area (Å²) < 4.78 is 21.2. The molecule has 2 aromatic carbocycles. The average Bonchev–Trinajstić information content (AvgIpc) is 2.53. The van der Waals surface area contributed by atoms with Crippen LogP contribution in [0.3, 0.4) is 0 Å². The van der Waals surface area contributed by atoms with Gasteiger partial charge in [0.15, 0.2) is 11.5 Å². The van der Waals surface area contributed by atoms with Gasteiger partial charge >= 0.3 is 0 Å². The number of benzene rings is 2. The molecular formula is C16H17O4. The van der Waals surface area contributed by atoms with Crippen molar-refractivity contribution in [3.63, 3.8) is 0 Å². The van der Waals surface area contributed by atoms with E-state index in [0.29, 0.717) is 17.2 Å². The van der Waals surface area contributed by atoms with Crippen molar-refractivity contribution in [3.05, 3.63) is 36.4 Å². The molecule has 0 amide bonds. The monoisotopic (exact) mass is 273 g/mol. The van der Waals surface area contributed by atoms with Gasteiger partial charge in [-0.15, -0.1) is 0 Å². The van der Waals surface area contributed by atoms with Gasteiger partial charge in [-0.25, -0.2) is 0 Å². The summed E-state index contributed by atoms with van der Waals surface area (Å²) in [5, 5.41) is 0. The lowest BCUT2D eigenvalue weighted by Gasteiger charge is -2.15. The molecule has 0 bridgehead atoms. The molecule has 4 nitrogen and oxygen atoms in total. The molecule has 0 saturated carbocycles. The van der Waals surface area contributed by atoms with Crippen molar-refractivity contribution in [2.24, 2.45) is 0 Å². The molecule has 0 atom stereocenters. The number of hydrogen-bond donors (Lipinski definition) is 0. The standard InChI is InChI=1S/C16H17O4/c1-17-12-7-5-11(6-8-12)13-9-10-14(18-2)16(20-4)15(13)19-3/h5-8,10H,1-4H3. The molecule has 1 radical (unpaired) electrons. The SMILES string of the molecule is COc1ccc(-c2[c]cc(OC)c(OC)c2OC)cc1. The molecule has 0 saturated heterocycles. The molecule has 0 spiro atoms. The summed E-state index contributed by atoms with van der Waals surface area (Å²) in [5.74, 6) is 2.53. The van der Waals surface area contributed by atoms with Crippen LogP contribution in [0.1, 0.15) is 0 Å². The Hall–Kier alpha value is -2.36. The van der Waals surface area contributed by atoms with Gasteiger partial charge in [-0.1, -0.05) is 12.1 Å². The lowest BCUT2D eigenvalue weighted by Crippen LogP contribution is -1.97. The van der Waals surface area contributed by atoms with E-state index < -0.39 is 0 Å². The highest BCUT2D eigenvalue weighted by atomic mass is 16.5. The van der Waals surface area contributed by atoms with Crippen LogP contribution in [0.5, 0.6) is 23.0 Å². The van der Waals surface area contributed by atoms with E-state index >= 15 is 0 Å². The van der Waals surface area contributed by atoms with E-state index in [1.165, 1.54) is 0 Å². The van der Waals surface area contributed by atoms with Crippen LogP contribution >= 0.6 is 0 Å². The molecule has 105 valence electrons. The van der Waals surface area contributed by atoms with Gasteiger partial charge in [-0.2, -0.15) is 0 Å². The maximum atomic E-state index is 5.45. The van der Waals surface area contributed by atoms with Crippen LogP contribution in [-0.4, -0.2) is 28.4 Å². The average molecular weight is 273 g/mol. The highest BCUT2D eigenvalue weighted by Gasteiger charge is 2.17. The molecule has 0 fully saturated rings. The second kappa shape index (κ2) is 6.19. The van der Waals surface area contributed by atoms with E-state index in [0.717, 1.165) is 16.9 Å². The Kier molecular flexibility index (Phi) is 4.35. The Bertz CT molecular complexity index is 576. The molecule has 0 unspecified atom stereocenters. The van der Waals surface area contributed by atoms with Crippen molar-refractivity contribution in [3.8, 4) is 34.1 Å². The fourth-order valence-corrected chi connectivity index (χ4v) is 2.01. The van der Waals surface area contributed by atoms with Gasteiger partial charge < -0.3 is 18.9 Å². The molecule has 0 aliphatic heterocycles. The third-order valence-electron chi connectivity index (χ3n) is 3.01. The highest BCUT2D eigenvalue weighted by Crippen LogP contribution is 2.43. The molecule has 0 aliphatic rings. The van der Waals surface area contributed by atoms with Crippen LogP contribution in [-0.2, 0) is 0 Å². The van der Waals surface area contributed by atoms with Gasteiger partial charge in [0.25, 0.3) is 0 Å². The Morgan fingerprint density at radius 2 is 1.40 bits per heavy atom. The Balaban J connectivity index is 2.55. The molecule has 20 heavy (non-hydrogen) atoms. The van der Waals surface area contributed by atoms with Gasteiger partial charge in [0.2, 0.25) is 5.75 Å². The predicted molar refractivity (Wildman–Crippen MR) is 76.9 cm³/mol. The Labute approximate surface area is 118 Å². The third-order valence-corrected chi connectivity index (χ3v) is 3.01. The maximum absolute atomic E-state index is 5.45. The number of hydrogen-bond acceptors (Lipinski definition) is 4. The van der Waals surface area contributed by atoms with Crippen molar-refractivity contribution in [2.45, 2.75) is 0 Å². The molecular weight excluding hydrogens is 256 g/mol. The van der Waals surface area contributed by atoms with Crippen molar-refractivity contribution < 1.29 is 18.9 Å². The van der Waals surface area contributed by atoms with E-state index in [1.807, 2.05) is 24.3 Å². The minimum atomic E-state index is 0.555. The zero-order chi connectivity index (χ0) is 14.5. The van der Waals surface area contributed by atoms with Crippen LogP contribution in [0.15, 0.2) is 30.3 Å². The first-order valence-corrected chi connectivity index (χ1v) is 6.10. The van der Waals surface area contributed by atoms with Gasteiger partial charge in [0.1, 0.15) is 5.75 Å².